The van der Waals surface area contributed by atoms with Gasteiger partial charge >= 0.3 is 6.18 Å². The standard InChI is InChI=1S/C10H10BrF3O2/c1-9(15,10(12,13)14)6-3-4-8(16-2)7(11)5-6/h3-5,15H,1-2H3. The molecule has 0 fully saturated rings. The van der Waals surface area contributed by atoms with E-state index >= 15 is 0 Å². The van der Waals surface area contributed by atoms with Crippen LogP contribution in [0.25, 0.3) is 0 Å². The molecule has 0 aromatic heterocycles. The van der Waals surface area contributed by atoms with E-state index in [1.165, 1.54) is 25.3 Å². The summed E-state index contributed by atoms with van der Waals surface area (Å²) in [6.45, 7) is 0.710. The lowest BCUT2D eigenvalue weighted by atomic mass is 9.95. The molecule has 2 nitrogen and oxygen atoms in total. The zero-order valence-electron chi connectivity index (χ0n) is 8.60. The summed E-state index contributed by atoms with van der Waals surface area (Å²) in [7, 11) is 1.40. The fourth-order valence-corrected chi connectivity index (χ4v) is 1.67. The molecule has 0 heterocycles. The number of hydrogen-bond acceptors (Lipinski definition) is 2. The number of rotatable bonds is 2. The fraction of sp³-hybridized carbons (Fsp3) is 0.400. The van der Waals surface area contributed by atoms with Gasteiger partial charge in [-0.1, -0.05) is 6.07 Å². The van der Waals surface area contributed by atoms with Crippen LogP contribution in [-0.2, 0) is 5.60 Å². The van der Waals surface area contributed by atoms with Gasteiger partial charge in [-0.2, -0.15) is 13.2 Å². The van der Waals surface area contributed by atoms with Crippen LogP contribution in [0.2, 0.25) is 0 Å². The van der Waals surface area contributed by atoms with Crippen molar-refractivity contribution < 1.29 is 23.0 Å². The second-order valence-electron chi connectivity index (χ2n) is 3.42. The largest absolute Gasteiger partial charge is 0.496 e. The Balaban J connectivity index is 3.20. The van der Waals surface area contributed by atoms with Crippen molar-refractivity contribution in [3.8, 4) is 5.75 Å². The van der Waals surface area contributed by atoms with Crippen LogP contribution < -0.4 is 4.74 Å². The van der Waals surface area contributed by atoms with Gasteiger partial charge < -0.3 is 9.84 Å². The van der Waals surface area contributed by atoms with Crippen molar-refractivity contribution in [1.82, 2.24) is 0 Å². The third kappa shape index (κ3) is 2.32. The van der Waals surface area contributed by atoms with E-state index in [0.717, 1.165) is 0 Å². The summed E-state index contributed by atoms with van der Waals surface area (Å²) in [5, 5.41) is 9.42. The second kappa shape index (κ2) is 4.25. The summed E-state index contributed by atoms with van der Waals surface area (Å²) in [5.74, 6) is 0.404. The minimum absolute atomic E-state index is 0.243. The third-order valence-corrected chi connectivity index (χ3v) is 2.89. The zero-order chi connectivity index (χ0) is 12.6. The molecule has 1 atom stereocenters. The van der Waals surface area contributed by atoms with Crippen molar-refractivity contribution >= 4 is 15.9 Å². The third-order valence-electron chi connectivity index (χ3n) is 2.27. The molecule has 0 saturated carbocycles. The Morgan fingerprint density at radius 1 is 1.31 bits per heavy atom. The highest BCUT2D eigenvalue weighted by Gasteiger charge is 2.51. The van der Waals surface area contributed by atoms with Gasteiger partial charge in [-0.3, -0.25) is 0 Å². The summed E-state index contributed by atoms with van der Waals surface area (Å²) in [4.78, 5) is 0. The maximum Gasteiger partial charge on any atom is 0.421 e. The van der Waals surface area contributed by atoms with Gasteiger partial charge in [0.2, 0.25) is 0 Å². The maximum atomic E-state index is 12.5. The van der Waals surface area contributed by atoms with Crippen molar-refractivity contribution in [2.24, 2.45) is 0 Å². The van der Waals surface area contributed by atoms with Crippen LogP contribution in [0.4, 0.5) is 13.2 Å². The molecule has 0 amide bonds. The molecule has 6 heteroatoms. The Hall–Kier alpha value is -0.750. The first kappa shape index (κ1) is 13.3. The predicted octanol–water partition coefficient (Wildman–Crippen LogP) is 3.23. The Labute approximate surface area is 99.2 Å². The van der Waals surface area contributed by atoms with E-state index in [4.69, 9.17) is 4.74 Å². The number of benzene rings is 1. The Morgan fingerprint density at radius 3 is 2.25 bits per heavy atom. The molecule has 1 N–H and O–H groups in total. The average Bonchev–Trinajstić information content (AvgIpc) is 2.15. The summed E-state index contributed by atoms with van der Waals surface area (Å²) >= 11 is 3.06. The monoisotopic (exact) mass is 298 g/mol. The molecule has 1 aromatic rings. The van der Waals surface area contributed by atoms with Crippen LogP contribution in [0.3, 0.4) is 0 Å². The Bertz CT molecular complexity index is 388. The van der Waals surface area contributed by atoms with E-state index in [2.05, 4.69) is 15.9 Å². The van der Waals surface area contributed by atoms with Gasteiger partial charge in [-0.05, 0) is 40.5 Å². The Kier molecular flexibility index (Phi) is 3.54. The van der Waals surface area contributed by atoms with Crippen molar-refractivity contribution in [2.45, 2.75) is 18.7 Å². The van der Waals surface area contributed by atoms with Gasteiger partial charge in [0.05, 0.1) is 11.6 Å². The van der Waals surface area contributed by atoms with E-state index in [1.807, 2.05) is 0 Å². The van der Waals surface area contributed by atoms with E-state index in [9.17, 15) is 18.3 Å². The number of hydrogen-bond donors (Lipinski definition) is 1. The molecule has 16 heavy (non-hydrogen) atoms. The summed E-state index contributed by atoms with van der Waals surface area (Å²) in [5.41, 5.74) is -3.12. The Morgan fingerprint density at radius 2 is 1.88 bits per heavy atom. The first-order valence-electron chi connectivity index (χ1n) is 4.33. The van der Waals surface area contributed by atoms with Gasteiger partial charge in [0.15, 0.2) is 5.60 Å². The highest BCUT2D eigenvalue weighted by atomic mass is 79.9. The van der Waals surface area contributed by atoms with Crippen LogP contribution in [0.5, 0.6) is 5.75 Å². The van der Waals surface area contributed by atoms with Crippen LogP contribution >= 0.6 is 15.9 Å². The lowest BCUT2D eigenvalue weighted by Gasteiger charge is -2.27. The fourth-order valence-electron chi connectivity index (χ4n) is 1.13. The quantitative estimate of drug-likeness (QED) is 0.908. The highest BCUT2D eigenvalue weighted by molar-refractivity contribution is 9.10. The second-order valence-corrected chi connectivity index (χ2v) is 4.27. The molecule has 0 aliphatic heterocycles. The maximum absolute atomic E-state index is 12.5. The van der Waals surface area contributed by atoms with E-state index in [-0.39, 0.29) is 5.56 Å². The SMILES string of the molecule is COc1ccc(C(C)(O)C(F)(F)F)cc1Br. The summed E-state index contributed by atoms with van der Waals surface area (Å²) in [6.07, 6.45) is -4.72. The van der Waals surface area contributed by atoms with Crippen molar-refractivity contribution in [2.75, 3.05) is 7.11 Å². The van der Waals surface area contributed by atoms with Crippen LogP contribution in [0.15, 0.2) is 22.7 Å². The molecule has 0 radical (unpaired) electrons. The number of halogens is 4. The van der Waals surface area contributed by atoms with Crippen molar-refractivity contribution in [1.29, 1.82) is 0 Å². The molecule has 1 unspecified atom stereocenters. The van der Waals surface area contributed by atoms with Gasteiger partial charge in [0.25, 0.3) is 0 Å². The van der Waals surface area contributed by atoms with E-state index in [1.54, 1.807) is 0 Å². The number of alkyl halides is 3. The minimum Gasteiger partial charge on any atom is -0.496 e. The normalized spacial score (nSPS) is 15.7. The van der Waals surface area contributed by atoms with Crippen LogP contribution in [0.1, 0.15) is 12.5 Å². The molecular formula is C10H10BrF3O2. The van der Waals surface area contributed by atoms with Gasteiger partial charge in [0, 0.05) is 0 Å². The smallest absolute Gasteiger partial charge is 0.421 e. The summed E-state index contributed by atoms with van der Waals surface area (Å²) in [6, 6.07) is 3.73. The summed E-state index contributed by atoms with van der Waals surface area (Å²) < 4.78 is 42.9. The molecule has 90 valence electrons. The van der Waals surface area contributed by atoms with Crippen LogP contribution in [0, 0.1) is 0 Å². The topological polar surface area (TPSA) is 29.5 Å². The molecule has 0 aliphatic carbocycles. The molecule has 1 aromatic carbocycles. The van der Waals surface area contributed by atoms with E-state index < -0.39 is 11.8 Å². The highest BCUT2D eigenvalue weighted by Crippen LogP contribution is 2.40. The molecule has 1 rings (SSSR count). The predicted molar refractivity (Wildman–Crippen MR) is 56.3 cm³/mol. The lowest BCUT2D eigenvalue weighted by molar-refractivity contribution is -0.258. The van der Waals surface area contributed by atoms with E-state index in [0.29, 0.717) is 17.1 Å². The lowest BCUT2D eigenvalue weighted by Crippen LogP contribution is -2.39. The first-order valence-corrected chi connectivity index (χ1v) is 5.12. The van der Waals surface area contributed by atoms with Crippen LogP contribution in [-0.4, -0.2) is 18.4 Å². The molecule has 0 saturated heterocycles. The van der Waals surface area contributed by atoms with Crippen molar-refractivity contribution in [3.63, 3.8) is 0 Å². The average molecular weight is 299 g/mol. The van der Waals surface area contributed by atoms with Gasteiger partial charge in [0.1, 0.15) is 5.75 Å². The van der Waals surface area contributed by atoms with Gasteiger partial charge in [-0.15, -0.1) is 0 Å². The first-order chi connectivity index (χ1) is 7.20. The zero-order valence-corrected chi connectivity index (χ0v) is 10.2. The molecule has 0 aliphatic rings. The molecular weight excluding hydrogens is 289 g/mol. The number of methoxy groups -OCH3 is 1. The van der Waals surface area contributed by atoms with Crippen molar-refractivity contribution in [3.05, 3.63) is 28.2 Å². The van der Waals surface area contributed by atoms with Gasteiger partial charge in [-0.25, -0.2) is 0 Å². The molecule has 0 spiro atoms. The number of aliphatic hydroxyl groups is 1. The number of ether oxygens (including phenoxy) is 1. The minimum atomic E-state index is -4.72. The molecule has 0 bridgehead atoms.